The molecule has 2 aliphatic heterocycles. The SMILES string of the molecule is C/C=C\C=C/c1cccc(CN2CC(=O)N3CCN(CCc4cnc5ccccc5c4)CC3C2=O)n1. The Morgan fingerprint density at radius 3 is 2.83 bits per heavy atom. The molecule has 2 amide bonds. The number of hydrogen-bond acceptors (Lipinski definition) is 5. The Hall–Kier alpha value is -3.84. The zero-order valence-electron chi connectivity index (χ0n) is 20.6. The third-order valence-corrected chi connectivity index (χ3v) is 6.82. The number of benzene rings is 1. The molecule has 4 heterocycles. The molecule has 5 rings (SSSR count). The molecule has 7 heteroatoms. The van der Waals surface area contributed by atoms with Gasteiger partial charge in [0.25, 0.3) is 0 Å². The van der Waals surface area contributed by atoms with Crippen LogP contribution in [0, 0.1) is 0 Å². The maximum atomic E-state index is 13.4. The van der Waals surface area contributed by atoms with Crippen LogP contribution in [0.15, 0.2) is 73.0 Å². The summed E-state index contributed by atoms with van der Waals surface area (Å²) in [6.07, 6.45) is 10.6. The highest BCUT2D eigenvalue weighted by Gasteiger charge is 2.42. The average molecular weight is 482 g/mol. The number of aromatic nitrogens is 2. The minimum absolute atomic E-state index is 0.00309. The number of para-hydroxylation sites is 1. The second-order valence-corrected chi connectivity index (χ2v) is 9.32. The maximum absolute atomic E-state index is 13.4. The van der Waals surface area contributed by atoms with Crippen molar-refractivity contribution in [2.24, 2.45) is 0 Å². The summed E-state index contributed by atoms with van der Waals surface area (Å²) in [4.78, 5) is 41.2. The molecule has 2 saturated heterocycles. The van der Waals surface area contributed by atoms with Gasteiger partial charge in [0, 0.05) is 37.8 Å². The van der Waals surface area contributed by atoms with Crippen molar-refractivity contribution in [1.29, 1.82) is 0 Å². The van der Waals surface area contributed by atoms with Gasteiger partial charge in [0.05, 0.1) is 23.4 Å². The van der Waals surface area contributed by atoms with Crippen molar-refractivity contribution >= 4 is 28.8 Å². The van der Waals surface area contributed by atoms with Crippen molar-refractivity contribution in [3.8, 4) is 0 Å². The first kappa shape index (κ1) is 23.9. The van der Waals surface area contributed by atoms with Gasteiger partial charge >= 0.3 is 0 Å². The van der Waals surface area contributed by atoms with Crippen LogP contribution in [0.4, 0.5) is 0 Å². The van der Waals surface area contributed by atoms with Gasteiger partial charge in [-0.15, -0.1) is 0 Å². The molecule has 0 radical (unpaired) electrons. The lowest BCUT2D eigenvalue weighted by molar-refractivity contribution is -0.160. The van der Waals surface area contributed by atoms with Crippen LogP contribution in [0.2, 0.25) is 0 Å². The fourth-order valence-electron chi connectivity index (χ4n) is 4.91. The van der Waals surface area contributed by atoms with Gasteiger partial charge in [-0.3, -0.25) is 24.5 Å². The van der Waals surface area contributed by atoms with Gasteiger partial charge in [-0.2, -0.15) is 0 Å². The number of piperazine rings is 2. The molecule has 1 aromatic carbocycles. The molecular weight excluding hydrogens is 450 g/mol. The van der Waals surface area contributed by atoms with Gasteiger partial charge in [0.1, 0.15) is 12.6 Å². The number of carbonyl (C=O) groups is 2. The Morgan fingerprint density at radius 2 is 1.94 bits per heavy atom. The Balaban J connectivity index is 1.23. The predicted octanol–water partition coefficient (Wildman–Crippen LogP) is 3.32. The molecule has 2 aromatic heterocycles. The monoisotopic (exact) mass is 481 g/mol. The van der Waals surface area contributed by atoms with Crippen LogP contribution in [0.1, 0.15) is 23.9 Å². The van der Waals surface area contributed by atoms with Crippen LogP contribution < -0.4 is 0 Å². The van der Waals surface area contributed by atoms with E-state index in [9.17, 15) is 9.59 Å². The van der Waals surface area contributed by atoms with E-state index in [1.165, 1.54) is 5.56 Å². The Bertz CT molecular complexity index is 1320. The maximum Gasteiger partial charge on any atom is 0.247 e. The smallest absolute Gasteiger partial charge is 0.247 e. The molecule has 2 aliphatic rings. The van der Waals surface area contributed by atoms with E-state index in [1.807, 2.05) is 73.8 Å². The molecule has 184 valence electrons. The number of nitrogens with zero attached hydrogens (tertiary/aromatic N) is 5. The van der Waals surface area contributed by atoms with E-state index in [4.69, 9.17) is 0 Å². The fraction of sp³-hybridized carbons (Fsp3) is 0.310. The highest BCUT2D eigenvalue weighted by atomic mass is 16.2. The van der Waals surface area contributed by atoms with Gasteiger partial charge in [0.15, 0.2) is 0 Å². The first-order chi connectivity index (χ1) is 17.6. The van der Waals surface area contributed by atoms with Crippen molar-refractivity contribution < 1.29 is 9.59 Å². The minimum atomic E-state index is -0.438. The molecule has 0 bridgehead atoms. The van der Waals surface area contributed by atoms with Crippen LogP contribution in [-0.4, -0.2) is 75.2 Å². The summed E-state index contributed by atoms with van der Waals surface area (Å²) in [6.45, 7) is 5.15. The molecule has 1 unspecified atom stereocenters. The molecular formula is C29H31N5O2. The van der Waals surface area contributed by atoms with Crippen LogP contribution in [0.3, 0.4) is 0 Å². The van der Waals surface area contributed by atoms with E-state index in [-0.39, 0.29) is 18.4 Å². The molecule has 36 heavy (non-hydrogen) atoms. The van der Waals surface area contributed by atoms with E-state index in [0.717, 1.165) is 41.8 Å². The molecule has 0 N–H and O–H groups in total. The van der Waals surface area contributed by atoms with Crippen molar-refractivity contribution in [2.45, 2.75) is 25.9 Å². The molecule has 3 aromatic rings. The molecule has 2 fully saturated rings. The number of pyridine rings is 2. The van der Waals surface area contributed by atoms with E-state index in [0.29, 0.717) is 19.6 Å². The van der Waals surface area contributed by atoms with Gasteiger partial charge in [0.2, 0.25) is 11.8 Å². The average Bonchev–Trinajstić information content (AvgIpc) is 2.90. The number of fused-ring (bicyclic) bond motifs is 2. The lowest BCUT2D eigenvalue weighted by atomic mass is 10.1. The van der Waals surface area contributed by atoms with E-state index in [2.05, 4.69) is 27.0 Å². The fourth-order valence-corrected chi connectivity index (χ4v) is 4.91. The van der Waals surface area contributed by atoms with E-state index < -0.39 is 6.04 Å². The number of carbonyl (C=O) groups excluding carboxylic acids is 2. The summed E-state index contributed by atoms with van der Waals surface area (Å²) in [6, 6.07) is 15.6. The number of hydrogen-bond donors (Lipinski definition) is 0. The lowest BCUT2D eigenvalue weighted by Crippen LogP contribution is -2.66. The van der Waals surface area contributed by atoms with Crippen LogP contribution in [0.25, 0.3) is 17.0 Å². The Labute approximate surface area is 211 Å². The van der Waals surface area contributed by atoms with Gasteiger partial charge in [-0.25, -0.2) is 0 Å². The van der Waals surface area contributed by atoms with Crippen molar-refractivity contribution in [2.75, 3.05) is 32.7 Å². The highest BCUT2D eigenvalue weighted by Crippen LogP contribution is 2.21. The minimum Gasteiger partial charge on any atom is -0.327 e. The summed E-state index contributed by atoms with van der Waals surface area (Å²) in [5.74, 6) is 0.0189. The summed E-state index contributed by atoms with van der Waals surface area (Å²) in [5.41, 5.74) is 3.78. The Kier molecular flexibility index (Phi) is 7.18. The lowest BCUT2D eigenvalue weighted by Gasteiger charge is -2.46. The molecule has 0 aliphatic carbocycles. The normalized spacial score (nSPS) is 19.1. The number of allylic oxidation sites excluding steroid dienone is 3. The summed E-state index contributed by atoms with van der Waals surface area (Å²) in [5, 5.41) is 1.14. The second-order valence-electron chi connectivity index (χ2n) is 9.32. The standard InChI is InChI=1S/C29H31N5O2/c1-2-3-4-9-24-10-7-11-25(31-24)19-33-21-28(35)34-16-15-32(20-27(34)29(33)36)14-13-22-17-23-8-5-6-12-26(23)30-18-22/h2-12,17-18,27H,13-16,19-21H2,1H3/b3-2-,9-4-. The highest BCUT2D eigenvalue weighted by molar-refractivity contribution is 5.95. The van der Waals surface area contributed by atoms with Gasteiger partial charge in [-0.05, 0) is 49.2 Å². The third kappa shape index (κ3) is 5.36. The van der Waals surface area contributed by atoms with E-state index in [1.54, 1.807) is 9.80 Å². The zero-order valence-corrected chi connectivity index (χ0v) is 20.6. The third-order valence-electron chi connectivity index (χ3n) is 6.82. The predicted molar refractivity (Wildman–Crippen MR) is 141 cm³/mol. The molecule has 7 nitrogen and oxygen atoms in total. The Morgan fingerprint density at radius 1 is 1.06 bits per heavy atom. The van der Waals surface area contributed by atoms with Gasteiger partial charge < -0.3 is 9.80 Å². The molecule has 0 saturated carbocycles. The first-order valence-electron chi connectivity index (χ1n) is 12.5. The van der Waals surface area contributed by atoms with E-state index >= 15 is 0 Å². The van der Waals surface area contributed by atoms with Crippen molar-refractivity contribution in [1.82, 2.24) is 24.7 Å². The number of amides is 2. The van der Waals surface area contributed by atoms with Crippen LogP contribution >= 0.6 is 0 Å². The molecule has 0 spiro atoms. The molecule has 1 atom stereocenters. The zero-order chi connectivity index (χ0) is 24.9. The van der Waals surface area contributed by atoms with Crippen LogP contribution in [0.5, 0.6) is 0 Å². The van der Waals surface area contributed by atoms with Crippen molar-refractivity contribution in [3.05, 3.63) is 89.9 Å². The number of rotatable bonds is 7. The summed E-state index contributed by atoms with van der Waals surface area (Å²) in [7, 11) is 0. The largest absolute Gasteiger partial charge is 0.327 e. The second kappa shape index (κ2) is 10.8. The van der Waals surface area contributed by atoms with Crippen LogP contribution in [-0.2, 0) is 22.6 Å². The van der Waals surface area contributed by atoms with Crippen molar-refractivity contribution in [3.63, 3.8) is 0 Å². The quantitative estimate of drug-likeness (QED) is 0.485. The topological polar surface area (TPSA) is 69.6 Å². The first-order valence-corrected chi connectivity index (χ1v) is 12.5. The summed E-state index contributed by atoms with van der Waals surface area (Å²) >= 11 is 0. The van der Waals surface area contributed by atoms with Gasteiger partial charge in [-0.1, -0.05) is 42.5 Å². The summed E-state index contributed by atoms with van der Waals surface area (Å²) < 4.78 is 0.